The minimum atomic E-state index is -0.650. The summed E-state index contributed by atoms with van der Waals surface area (Å²) in [6.07, 6.45) is 0. The third kappa shape index (κ3) is 3.10. The molecule has 1 aliphatic heterocycles. The first-order valence-electron chi connectivity index (χ1n) is 8.30. The van der Waals surface area contributed by atoms with Gasteiger partial charge in [-0.25, -0.2) is 4.79 Å². The van der Waals surface area contributed by atoms with Gasteiger partial charge in [-0.15, -0.1) is 0 Å². The Balaban J connectivity index is 2.07. The van der Waals surface area contributed by atoms with Crippen molar-refractivity contribution in [2.24, 2.45) is 4.99 Å². The van der Waals surface area contributed by atoms with E-state index >= 15 is 0 Å². The van der Waals surface area contributed by atoms with Crippen molar-refractivity contribution < 1.29 is 9.53 Å². The van der Waals surface area contributed by atoms with Gasteiger partial charge in [0, 0.05) is 27.2 Å². The van der Waals surface area contributed by atoms with E-state index in [1.165, 1.54) is 7.11 Å². The van der Waals surface area contributed by atoms with Crippen LogP contribution in [0.5, 0.6) is 0 Å². The highest BCUT2D eigenvalue weighted by molar-refractivity contribution is 6.36. The molecule has 140 valence electrons. The molecule has 2 aromatic carbocycles. The number of ether oxygens (including phenoxy) is 1. The van der Waals surface area contributed by atoms with Crippen molar-refractivity contribution in [1.82, 2.24) is 9.55 Å². The van der Waals surface area contributed by atoms with E-state index in [4.69, 9.17) is 27.9 Å². The normalized spacial score (nSPS) is 12.5. The van der Waals surface area contributed by atoms with Gasteiger partial charge in [0.25, 0.3) is 5.56 Å². The number of rotatable bonds is 2. The Labute approximate surface area is 170 Å². The molecule has 2 heterocycles. The Bertz CT molecular complexity index is 1200. The highest BCUT2D eigenvalue weighted by Gasteiger charge is 2.25. The summed E-state index contributed by atoms with van der Waals surface area (Å²) in [6.45, 7) is 0.0763. The molecule has 0 saturated heterocycles. The number of hydrogen-bond donors (Lipinski definition) is 0. The van der Waals surface area contributed by atoms with E-state index in [-0.39, 0.29) is 12.2 Å². The number of carbonyl (C=O) groups is 1. The van der Waals surface area contributed by atoms with Crippen LogP contribution in [0.3, 0.4) is 0 Å². The summed E-state index contributed by atoms with van der Waals surface area (Å²) in [5.41, 5.74) is 2.09. The van der Waals surface area contributed by atoms with E-state index in [1.807, 2.05) is 18.2 Å². The van der Waals surface area contributed by atoms with Crippen LogP contribution in [-0.2, 0) is 11.3 Å². The first kappa shape index (κ1) is 18.4. The largest absolute Gasteiger partial charge is 0.464 e. The molecule has 0 saturated carbocycles. The van der Waals surface area contributed by atoms with Crippen molar-refractivity contribution >= 4 is 34.9 Å². The molecule has 0 aliphatic carbocycles. The van der Waals surface area contributed by atoms with Gasteiger partial charge in [0.05, 0.1) is 25.1 Å². The van der Waals surface area contributed by atoms with E-state index in [9.17, 15) is 9.59 Å². The van der Waals surface area contributed by atoms with Gasteiger partial charge in [0.1, 0.15) is 11.5 Å². The fourth-order valence-electron chi connectivity index (χ4n) is 3.17. The third-order valence-electron chi connectivity index (χ3n) is 4.36. The quantitative estimate of drug-likeness (QED) is 0.600. The zero-order chi connectivity index (χ0) is 19.8. The van der Waals surface area contributed by atoms with Crippen molar-refractivity contribution in [1.29, 1.82) is 0 Å². The van der Waals surface area contributed by atoms with E-state index in [0.29, 0.717) is 38.4 Å². The number of halogens is 2. The number of hydrogen-bond acceptors (Lipinski definition) is 5. The predicted octanol–water partition coefficient (Wildman–Crippen LogP) is 3.68. The molecule has 0 bridgehead atoms. The average molecular weight is 414 g/mol. The number of aliphatic imine (C=N–C) groups is 1. The van der Waals surface area contributed by atoms with Gasteiger partial charge in [0.2, 0.25) is 0 Å². The lowest BCUT2D eigenvalue weighted by Gasteiger charge is -2.17. The lowest BCUT2D eigenvalue weighted by Crippen LogP contribution is -2.23. The van der Waals surface area contributed by atoms with Crippen LogP contribution in [0.25, 0.3) is 5.69 Å². The Morgan fingerprint density at radius 3 is 2.64 bits per heavy atom. The first-order valence-corrected chi connectivity index (χ1v) is 9.06. The maximum Gasteiger partial charge on any atom is 0.355 e. The fourth-order valence-corrected chi connectivity index (χ4v) is 3.57. The second-order valence-electron chi connectivity index (χ2n) is 6.03. The van der Waals surface area contributed by atoms with Gasteiger partial charge < -0.3 is 4.74 Å². The molecule has 8 heteroatoms. The molecule has 3 aromatic rings. The lowest BCUT2D eigenvalue weighted by molar-refractivity contribution is 0.0589. The third-order valence-corrected chi connectivity index (χ3v) is 4.92. The summed E-state index contributed by atoms with van der Waals surface area (Å²) >= 11 is 12.6. The number of nitrogens with zero attached hydrogens (tertiary/aromatic N) is 3. The maximum atomic E-state index is 12.3. The number of benzene rings is 2. The summed E-state index contributed by atoms with van der Waals surface area (Å²) in [5.74, 6) is -0.332. The molecule has 0 radical (unpaired) electrons. The standard InChI is InChI=1S/C20H13Cl2N3O3/c1-28-20(27)16-9-18(26)24-17-10-23-19(12-4-2-3-5-14(12)22)13-8-11(21)6-7-15(13)25(16)17/h2-9H,10H2,1H3. The van der Waals surface area contributed by atoms with E-state index in [0.717, 1.165) is 6.07 Å². The van der Waals surface area contributed by atoms with Gasteiger partial charge in [-0.05, 0) is 24.3 Å². The van der Waals surface area contributed by atoms with E-state index in [2.05, 4.69) is 9.98 Å². The SMILES string of the molecule is COC(=O)c1cc(=O)nc2n1-c1ccc(Cl)cc1C(c1ccccc1Cl)=NC2. The van der Waals surface area contributed by atoms with Crippen molar-refractivity contribution in [3.63, 3.8) is 0 Å². The second-order valence-corrected chi connectivity index (χ2v) is 6.87. The summed E-state index contributed by atoms with van der Waals surface area (Å²) in [5, 5.41) is 1.02. The van der Waals surface area contributed by atoms with Crippen LogP contribution in [0.15, 0.2) is 58.3 Å². The number of aromatic nitrogens is 2. The Kier molecular flexibility index (Phi) is 4.75. The monoisotopic (exact) mass is 413 g/mol. The van der Waals surface area contributed by atoms with Crippen LogP contribution in [0.1, 0.15) is 27.4 Å². The summed E-state index contributed by atoms with van der Waals surface area (Å²) < 4.78 is 6.43. The van der Waals surface area contributed by atoms with E-state index < -0.39 is 11.5 Å². The molecular weight excluding hydrogens is 401 g/mol. The molecule has 0 N–H and O–H groups in total. The molecular formula is C20H13Cl2N3O3. The Morgan fingerprint density at radius 1 is 1.11 bits per heavy atom. The number of fused-ring (bicyclic) bond motifs is 3. The molecule has 4 rings (SSSR count). The molecule has 0 spiro atoms. The molecule has 0 fully saturated rings. The van der Waals surface area contributed by atoms with Crippen LogP contribution >= 0.6 is 23.2 Å². The van der Waals surface area contributed by atoms with Crippen molar-refractivity contribution in [2.45, 2.75) is 6.54 Å². The van der Waals surface area contributed by atoms with Gasteiger partial charge in [0.15, 0.2) is 0 Å². The summed E-state index contributed by atoms with van der Waals surface area (Å²) in [7, 11) is 1.26. The molecule has 28 heavy (non-hydrogen) atoms. The maximum absolute atomic E-state index is 12.3. The Morgan fingerprint density at radius 2 is 1.89 bits per heavy atom. The fraction of sp³-hybridized carbons (Fsp3) is 0.100. The molecule has 0 atom stereocenters. The second kappa shape index (κ2) is 7.22. The van der Waals surface area contributed by atoms with Crippen LogP contribution < -0.4 is 5.56 Å². The number of carbonyl (C=O) groups excluding carboxylic acids is 1. The molecule has 1 aromatic heterocycles. The number of methoxy groups -OCH3 is 1. The molecule has 1 aliphatic rings. The molecule has 6 nitrogen and oxygen atoms in total. The highest BCUT2D eigenvalue weighted by atomic mass is 35.5. The van der Waals surface area contributed by atoms with E-state index in [1.54, 1.807) is 28.8 Å². The lowest BCUT2D eigenvalue weighted by atomic mass is 10.00. The van der Waals surface area contributed by atoms with Gasteiger partial charge in [-0.2, -0.15) is 4.98 Å². The minimum absolute atomic E-state index is 0.0664. The van der Waals surface area contributed by atoms with Crippen LogP contribution in [-0.4, -0.2) is 28.3 Å². The smallest absolute Gasteiger partial charge is 0.355 e. The van der Waals surface area contributed by atoms with Crippen molar-refractivity contribution in [2.75, 3.05) is 7.11 Å². The van der Waals surface area contributed by atoms with Crippen LogP contribution in [0, 0.1) is 0 Å². The highest BCUT2D eigenvalue weighted by Crippen LogP contribution is 2.30. The first-order chi connectivity index (χ1) is 13.5. The zero-order valence-corrected chi connectivity index (χ0v) is 16.2. The topological polar surface area (TPSA) is 73.6 Å². The van der Waals surface area contributed by atoms with Crippen LogP contribution in [0.4, 0.5) is 0 Å². The van der Waals surface area contributed by atoms with Gasteiger partial charge in [-0.3, -0.25) is 14.4 Å². The van der Waals surface area contributed by atoms with Gasteiger partial charge in [-0.1, -0.05) is 41.4 Å². The summed E-state index contributed by atoms with van der Waals surface area (Å²) in [6, 6.07) is 13.6. The van der Waals surface area contributed by atoms with Gasteiger partial charge >= 0.3 is 5.97 Å². The number of esters is 1. The average Bonchev–Trinajstić information content (AvgIpc) is 2.83. The summed E-state index contributed by atoms with van der Waals surface area (Å²) in [4.78, 5) is 33.1. The minimum Gasteiger partial charge on any atom is -0.464 e. The Hall–Kier alpha value is -2.96. The van der Waals surface area contributed by atoms with Crippen LogP contribution in [0.2, 0.25) is 10.0 Å². The molecule has 0 amide bonds. The predicted molar refractivity (Wildman–Crippen MR) is 107 cm³/mol. The van der Waals surface area contributed by atoms with Crippen molar-refractivity contribution in [3.8, 4) is 5.69 Å². The van der Waals surface area contributed by atoms with Crippen molar-refractivity contribution in [3.05, 3.63) is 91.6 Å². The molecule has 0 unspecified atom stereocenters. The zero-order valence-electron chi connectivity index (χ0n) is 14.6.